The lowest BCUT2D eigenvalue weighted by Crippen LogP contribution is -2.65. The molecule has 31 heavy (non-hydrogen) atoms. The van der Waals surface area contributed by atoms with Crippen molar-refractivity contribution in [2.45, 2.75) is 45.3 Å². The van der Waals surface area contributed by atoms with Gasteiger partial charge in [-0.05, 0) is 55.2 Å². The highest BCUT2D eigenvalue weighted by Gasteiger charge is 2.68. The minimum absolute atomic E-state index is 0.169. The summed E-state index contributed by atoms with van der Waals surface area (Å²) in [5, 5.41) is 0. The number of imidazole rings is 1. The fraction of sp³-hybridized carbons (Fsp3) is 0.480. The zero-order valence-corrected chi connectivity index (χ0v) is 19.0. The summed E-state index contributed by atoms with van der Waals surface area (Å²) in [6.45, 7) is 7.06. The van der Waals surface area contributed by atoms with Crippen molar-refractivity contribution in [1.82, 2.24) is 9.38 Å². The van der Waals surface area contributed by atoms with E-state index in [1.807, 2.05) is 6.20 Å². The Bertz CT molecular complexity index is 1160. The molecule has 160 valence electrons. The molecule has 1 aromatic carbocycles. The van der Waals surface area contributed by atoms with Crippen LogP contribution in [-0.2, 0) is 9.31 Å². The van der Waals surface area contributed by atoms with Gasteiger partial charge in [-0.1, -0.05) is 32.0 Å². The van der Waals surface area contributed by atoms with Crippen LogP contribution in [0.1, 0.15) is 33.6 Å². The Morgan fingerprint density at radius 1 is 1.10 bits per heavy atom. The van der Waals surface area contributed by atoms with E-state index in [-0.39, 0.29) is 18.8 Å². The zero-order chi connectivity index (χ0) is 21.5. The lowest BCUT2D eigenvalue weighted by atomic mass is 9.43. The molecule has 1 saturated heterocycles. The van der Waals surface area contributed by atoms with Crippen LogP contribution in [0.2, 0.25) is 0 Å². The maximum absolute atomic E-state index is 6.71. The Morgan fingerprint density at radius 3 is 2.58 bits per heavy atom. The molecule has 3 aliphatic carbocycles. The Morgan fingerprint density at radius 2 is 1.87 bits per heavy atom. The van der Waals surface area contributed by atoms with Crippen LogP contribution in [0, 0.1) is 17.3 Å². The van der Waals surface area contributed by atoms with Crippen molar-refractivity contribution in [3.63, 3.8) is 0 Å². The van der Waals surface area contributed by atoms with Gasteiger partial charge in [0.05, 0.1) is 17.4 Å². The molecule has 0 radical (unpaired) electrons. The summed E-state index contributed by atoms with van der Waals surface area (Å²) >= 11 is 0. The largest absolute Gasteiger partial charge is 0.498 e. The average Bonchev–Trinajstić information content (AvgIpc) is 3.33. The minimum Gasteiger partial charge on any atom is -0.401 e. The van der Waals surface area contributed by atoms with Crippen LogP contribution in [0.3, 0.4) is 0 Å². The Kier molecular flexibility index (Phi) is 3.98. The fourth-order valence-electron chi connectivity index (χ4n) is 6.29. The van der Waals surface area contributed by atoms with Crippen LogP contribution >= 0.6 is 0 Å². The quantitative estimate of drug-likeness (QED) is 0.607. The number of fused-ring (bicyclic) bond motifs is 1. The topological polar surface area (TPSA) is 39.0 Å². The van der Waals surface area contributed by atoms with Gasteiger partial charge >= 0.3 is 7.12 Å². The van der Waals surface area contributed by atoms with Crippen LogP contribution in [0.4, 0.5) is 5.69 Å². The third-order valence-electron chi connectivity index (χ3n) is 8.40. The number of hydrogen-bond donors (Lipinski definition) is 0. The van der Waals surface area contributed by atoms with Crippen LogP contribution in [-0.4, -0.2) is 42.3 Å². The molecule has 2 bridgehead atoms. The van der Waals surface area contributed by atoms with Crippen molar-refractivity contribution in [2.24, 2.45) is 17.3 Å². The summed E-state index contributed by atoms with van der Waals surface area (Å²) in [5.41, 5.74) is 5.30. The molecule has 6 heteroatoms. The SMILES string of the molecule is CN(C)c1ccc(-c2cn3cccc(B4OC5CC6CC(C6(C)C)C5(C)O4)c3n2)cc1. The number of nitrogens with zero attached hydrogens (tertiary/aromatic N) is 3. The van der Waals surface area contributed by atoms with Gasteiger partial charge in [-0.15, -0.1) is 0 Å². The lowest BCUT2D eigenvalue weighted by Gasteiger charge is -2.64. The van der Waals surface area contributed by atoms with E-state index in [0.29, 0.717) is 11.3 Å². The Balaban J connectivity index is 1.34. The van der Waals surface area contributed by atoms with Gasteiger partial charge in [-0.3, -0.25) is 0 Å². The number of pyridine rings is 1. The molecule has 3 heterocycles. The first kappa shape index (κ1) is 19.4. The molecule has 3 aromatic rings. The van der Waals surface area contributed by atoms with Gasteiger partial charge < -0.3 is 18.6 Å². The van der Waals surface area contributed by atoms with Gasteiger partial charge in [0, 0.05) is 43.2 Å². The maximum atomic E-state index is 6.71. The van der Waals surface area contributed by atoms with Crippen LogP contribution in [0.25, 0.3) is 16.9 Å². The lowest BCUT2D eigenvalue weighted by molar-refractivity contribution is -0.199. The molecule has 3 saturated carbocycles. The van der Waals surface area contributed by atoms with E-state index in [1.54, 1.807) is 0 Å². The fourth-order valence-corrected chi connectivity index (χ4v) is 6.29. The molecule has 4 aliphatic rings. The molecule has 2 aromatic heterocycles. The predicted octanol–water partition coefficient (Wildman–Crippen LogP) is 4.00. The van der Waals surface area contributed by atoms with Crippen molar-refractivity contribution in [1.29, 1.82) is 0 Å². The van der Waals surface area contributed by atoms with Crippen LogP contribution < -0.4 is 10.4 Å². The highest BCUT2D eigenvalue weighted by Crippen LogP contribution is 2.65. The second kappa shape index (κ2) is 6.36. The first-order chi connectivity index (χ1) is 14.8. The van der Waals surface area contributed by atoms with E-state index in [9.17, 15) is 0 Å². The first-order valence-corrected chi connectivity index (χ1v) is 11.4. The van der Waals surface area contributed by atoms with Crippen LogP contribution in [0.15, 0.2) is 48.8 Å². The molecular formula is C25H30BN3O2. The van der Waals surface area contributed by atoms with E-state index in [2.05, 4.69) is 86.8 Å². The number of rotatable bonds is 3. The Labute approximate surface area is 184 Å². The normalized spacial score (nSPS) is 30.9. The van der Waals surface area contributed by atoms with Crippen molar-refractivity contribution >= 4 is 23.9 Å². The van der Waals surface area contributed by atoms with Gasteiger partial charge in [0.25, 0.3) is 0 Å². The predicted molar refractivity (Wildman–Crippen MR) is 125 cm³/mol. The highest BCUT2D eigenvalue weighted by atomic mass is 16.7. The smallest absolute Gasteiger partial charge is 0.401 e. The molecule has 0 spiro atoms. The number of hydrogen-bond acceptors (Lipinski definition) is 4. The van der Waals surface area contributed by atoms with Gasteiger partial charge in [0.2, 0.25) is 0 Å². The molecule has 0 amide bonds. The van der Waals surface area contributed by atoms with E-state index in [4.69, 9.17) is 14.3 Å². The van der Waals surface area contributed by atoms with Crippen molar-refractivity contribution in [3.8, 4) is 11.3 Å². The van der Waals surface area contributed by atoms with Crippen LogP contribution in [0.5, 0.6) is 0 Å². The molecule has 0 N–H and O–H groups in total. The molecule has 4 atom stereocenters. The summed E-state index contributed by atoms with van der Waals surface area (Å²) < 4.78 is 15.3. The summed E-state index contributed by atoms with van der Waals surface area (Å²) in [7, 11) is 3.74. The second-order valence-electron chi connectivity index (χ2n) is 10.6. The molecule has 7 rings (SSSR count). The van der Waals surface area contributed by atoms with Crippen molar-refractivity contribution in [3.05, 3.63) is 48.8 Å². The summed E-state index contributed by atoms with van der Waals surface area (Å²) in [4.78, 5) is 7.09. The first-order valence-electron chi connectivity index (χ1n) is 11.4. The van der Waals surface area contributed by atoms with E-state index >= 15 is 0 Å². The molecule has 4 unspecified atom stereocenters. The average molecular weight is 415 g/mol. The van der Waals surface area contributed by atoms with Gasteiger partial charge in [-0.2, -0.15) is 0 Å². The van der Waals surface area contributed by atoms with Crippen molar-refractivity contribution < 1.29 is 9.31 Å². The van der Waals surface area contributed by atoms with Gasteiger partial charge in [0.1, 0.15) is 5.65 Å². The molecular weight excluding hydrogens is 385 g/mol. The monoisotopic (exact) mass is 415 g/mol. The van der Waals surface area contributed by atoms with Gasteiger partial charge in [-0.25, -0.2) is 4.98 Å². The van der Waals surface area contributed by atoms with E-state index in [1.165, 1.54) is 12.1 Å². The summed E-state index contributed by atoms with van der Waals surface area (Å²) in [6, 6.07) is 12.7. The summed E-state index contributed by atoms with van der Waals surface area (Å²) in [6.07, 6.45) is 6.66. The number of benzene rings is 1. The third kappa shape index (κ3) is 2.67. The second-order valence-corrected chi connectivity index (χ2v) is 10.6. The van der Waals surface area contributed by atoms with E-state index in [0.717, 1.165) is 34.7 Å². The molecule has 5 nitrogen and oxygen atoms in total. The highest BCUT2D eigenvalue weighted by molar-refractivity contribution is 6.64. The molecule has 4 fully saturated rings. The summed E-state index contributed by atoms with van der Waals surface area (Å²) in [5.74, 6) is 1.30. The maximum Gasteiger partial charge on any atom is 0.498 e. The number of anilines is 1. The van der Waals surface area contributed by atoms with Gasteiger partial charge in [0.15, 0.2) is 0 Å². The standard InChI is InChI=1S/C25H30BN3O2/c1-24(2)17-13-21(24)25(3)22(14-17)30-26(31-25)19-7-6-12-29-15-20(27-23(19)29)16-8-10-18(11-9-16)28(4)5/h6-12,15,17,21-22H,13-14H2,1-5H3. The zero-order valence-electron chi connectivity index (χ0n) is 19.0. The van der Waals surface area contributed by atoms with Crippen molar-refractivity contribution in [2.75, 3.05) is 19.0 Å². The number of aromatic nitrogens is 2. The Hall–Kier alpha value is -2.31. The van der Waals surface area contributed by atoms with E-state index < -0.39 is 0 Å². The molecule has 1 aliphatic heterocycles. The minimum atomic E-state index is -0.361. The third-order valence-corrected chi connectivity index (χ3v) is 8.40.